The van der Waals surface area contributed by atoms with Gasteiger partial charge in [0.1, 0.15) is 11.4 Å². The van der Waals surface area contributed by atoms with Crippen molar-refractivity contribution < 1.29 is 0 Å². The molecule has 0 N–H and O–H groups in total. The molecule has 2 aromatic heterocycles. The predicted octanol–water partition coefficient (Wildman–Crippen LogP) is 4.60. The molecule has 0 saturated heterocycles. The van der Waals surface area contributed by atoms with E-state index in [1.807, 2.05) is 18.2 Å². The van der Waals surface area contributed by atoms with E-state index < -0.39 is 0 Å². The highest BCUT2D eigenvalue weighted by atomic mass is 32.1. The lowest BCUT2D eigenvalue weighted by atomic mass is 9.68. The number of aliphatic imine (C=N–C) groups is 1. The van der Waals surface area contributed by atoms with Gasteiger partial charge in [0.15, 0.2) is 0 Å². The van der Waals surface area contributed by atoms with Gasteiger partial charge in [-0.3, -0.25) is 4.99 Å². The van der Waals surface area contributed by atoms with Crippen molar-refractivity contribution in [2.45, 2.75) is 38.6 Å². The number of rotatable bonds is 1. The Bertz CT molecular complexity index is 934. The van der Waals surface area contributed by atoms with E-state index in [1.165, 1.54) is 10.4 Å². The summed E-state index contributed by atoms with van der Waals surface area (Å²) in [7, 11) is 0. The van der Waals surface area contributed by atoms with Crippen LogP contribution in [0.15, 0.2) is 46.8 Å². The van der Waals surface area contributed by atoms with Crippen LogP contribution in [0.25, 0.3) is 10.9 Å². The SMILES string of the molecule is CC1(C)N=C(c2cc3ccccc3nn2)c2sccc2C1(C)C. The van der Waals surface area contributed by atoms with Gasteiger partial charge in [0.05, 0.1) is 15.9 Å². The largest absolute Gasteiger partial charge is 0.275 e. The molecule has 116 valence electrons. The quantitative estimate of drug-likeness (QED) is 0.657. The summed E-state index contributed by atoms with van der Waals surface area (Å²) in [6.07, 6.45) is 0. The van der Waals surface area contributed by atoms with E-state index in [0.717, 1.165) is 22.3 Å². The van der Waals surface area contributed by atoms with E-state index in [4.69, 9.17) is 4.99 Å². The highest BCUT2D eigenvalue weighted by Gasteiger charge is 2.44. The standard InChI is InChI=1S/C19H19N3S/c1-18(2)13-9-10-23-17(13)16(20-19(18,3)4)15-11-12-7-5-6-8-14(12)21-22-15/h5-11H,1-4H3. The van der Waals surface area contributed by atoms with Crippen molar-refractivity contribution in [1.29, 1.82) is 0 Å². The lowest BCUT2D eigenvalue weighted by Crippen LogP contribution is -2.45. The molecule has 4 heteroatoms. The van der Waals surface area contributed by atoms with Crippen LogP contribution in [0.1, 0.15) is 43.8 Å². The minimum absolute atomic E-state index is 0.00386. The van der Waals surface area contributed by atoms with Gasteiger partial charge in [-0.15, -0.1) is 21.5 Å². The van der Waals surface area contributed by atoms with E-state index in [0.29, 0.717) is 0 Å². The molecule has 0 unspecified atom stereocenters. The molecule has 23 heavy (non-hydrogen) atoms. The lowest BCUT2D eigenvalue weighted by molar-refractivity contribution is 0.305. The van der Waals surface area contributed by atoms with Crippen LogP contribution in [-0.4, -0.2) is 21.4 Å². The first-order valence-corrected chi connectivity index (χ1v) is 8.69. The molecule has 1 aliphatic heterocycles. The number of hydrogen-bond donors (Lipinski definition) is 0. The number of hydrogen-bond acceptors (Lipinski definition) is 4. The molecule has 4 rings (SSSR count). The van der Waals surface area contributed by atoms with E-state index in [1.54, 1.807) is 11.3 Å². The number of thiophene rings is 1. The molecule has 0 aliphatic carbocycles. The topological polar surface area (TPSA) is 38.1 Å². The molecular weight excluding hydrogens is 302 g/mol. The van der Waals surface area contributed by atoms with Crippen LogP contribution in [-0.2, 0) is 5.41 Å². The van der Waals surface area contributed by atoms with Crippen molar-refractivity contribution in [2.24, 2.45) is 4.99 Å². The molecule has 1 aromatic carbocycles. The van der Waals surface area contributed by atoms with Crippen LogP contribution in [0.5, 0.6) is 0 Å². The Hall–Kier alpha value is -2.07. The maximum Gasteiger partial charge on any atom is 0.113 e. The molecule has 0 atom stereocenters. The summed E-state index contributed by atoms with van der Waals surface area (Å²) in [5.74, 6) is 0. The lowest BCUT2D eigenvalue weighted by Gasteiger charge is -2.42. The second-order valence-electron chi connectivity index (χ2n) is 7.10. The molecule has 0 radical (unpaired) electrons. The molecule has 0 spiro atoms. The van der Waals surface area contributed by atoms with Gasteiger partial charge >= 0.3 is 0 Å². The van der Waals surface area contributed by atoms with Gasteiger partial charge in [-0.05, 0) is 43.0 Å². The monoisotopic (exact) mass is 321 g/mol. The first-order chi connectivity index (χ1) is 10.9. The summed E-state index contributed by atoms with van der Waals surface area (Å²) in [5.41, 5.74) is 3.90. The van der Waals surface area contributed by atoms with Crippen molar-refractivity contribution in [2.75, 3.05) is 0 Å². The Morgan fingerprint density at radius 1 is 0.957 bits per heavy atom. The maximum atomic E-state index is 5.08. The van der Waals surface area contributed by atoms with Gasteiger partial charge in [-0.1, -0.05) is 32.0 Å². The highest BCUT2D eigenvalue weighted by Crippen LogP contribution is 2.45. The summed E-state index contributed by atoms with van der Waals surface area (Å²) in [6, 6.07) is 12.4. The molecule has 0 saturated carbocycles. The molecule has 0 bridgehead atoms. The third kappa shape index (κ3) is 2.05. The fourth-order valence-corrected chi connectivity index (χ4v) is 4.11. The summed E-state index contributed by atoms with van der Waals surface area (Å²) >= 11 is 1.74. The van der Waals surface area contributed by atoms with Gasteiger partial charge in [0, 0.05) is 10.8 Å². The smallest absolute Gasteiger partial charge is 0.113 e. The third-order valence-corrected chi connectivity index (χ3v) is 6.13. The molecule has 3 aromatic rings. The summed E-state index contributed by atoms with van der Waals surface area (Å²) in [6.45, 7) is 8.93. The maximum absolute atomic E-state index is 5.08. The zero-order valence-corrected chi connectivity index (χ0v) is 14.6. The van der Waals surface area contributed by atoms with Crippen molar-refractivity contribution in [1.82, 2.24) is 10.2 Å². The predicted molar refractivity (Wildman–Crippen MR) is 96.6 cm³/mol. The Kier molecular flexibility index (Phi) is 2.97. The summed E-state index contributed by atoms with van der Waals surface area (Å²) in [5, 5.41) is 12.1. The summed E-state index contributed by atoms with van der Waals surface area (Å²) < 4.78 is 0. The van der Waals surface area contributed by atoms with Crippen molar-refractivity contribution in [3.8, 4) is 0 Å². The number of aromatic nitrogens is 2. The second-order valence-corrected chi connectivity index (χ2v) is 8.01. The van der Waals surface area contributed by atoms with Crippen LogP contribution in [0.2, 0.25) is 0 Å². The van der Waals surface area contributed by atoms with E-state index in [-0.39, 0.29) is 11.0 Å². The average molecular weight is 321 g/mol. The van der Waals surface area contributed by atoms with Gasteiger partial charge in [0.25, 0.3) is 0 Å². The van der Waals surface area contributed by atoms with Crippen molar-refractivity contribution >= 4 is 28.0 Å². The van der Waals surface area contributed by atoms with Gasteiger partial charge < -0.3 is 0 Å². The molecular formula is C19H19N3S. The van der Waals surface area contributed by atoms with Crippen molar-refractivity contribution in [3.63, 3.8) is 0 Å². The number of fused-ring (bicyclic) bond motifs is 2. The van der Waals surface area contributed by atoms with Crippen molar-refractivity contribution in [3.05, 3.63) is 57.9 Å². The average Bonchev–Trinajstić information content (AvgIpc) is 3.01. The van der Waals surface area contributed by atoms with Crippen LogP contribution >= 0.6 is 11.3 Å². The first-order valence-electron chi connectivity index (χ1n) is 7.81. The Labute approximate surface area is 140 Å². The van der Waals surface area contributed by atoms with E-state index in [2.05, 4.69) is 61.5 Å². The second kappa shape index (κ2) is 4.71. The van der Waals surface area contributed by atoms with E-state index >= 15 is 0 Å². The normalized spacial score (nSPS) is 18.5. The molecule has 0 amide bonds. The summed E-state index contributed by atoms with van der Waals surface area (Å²) in [4.78, 5) is 6.30. The van der Waals surface area contributed by atoms with Crippen LogP contribution < -0.4 is 0 Å². The number of benzene rings is 1. The molecule has 3 heterocycles. The molecule has 0 fully saturated rings. The fraction of sp³-hybridized carbons (Fsp3) is 0.316. The minimum Gasteiger partial charge on any atom is -0.275 e. The zero-order chi connectivity index (χ0) is 16.2. The Morgan fingerprint density at radius 3 is 2.57 bits per heavy atom. The first kappa shape index (κ1) is 14.5. The third-order valence-electron chi connectivity index (χ3n) is 5.21. The van der Waals surface area contributed by atoms with E-state index in [9.17, 15) is 0 Å². The number of nitrogens with zero attached hydrogens (tertiary/aromatic N) is 3. The Morgan fingerprint density at radius 2 is 1.74 bits per heavy atom. The van der Waals surface area contributed by atoms with Gasteiger partial charge in [-0.2, -0.15) is 0 Å². The zero-order valence-electron chi connectivity index (χ0n) is 13.8. The van der Waals surface area contributed by atoms with Crippen LogP contribution in [0.4, 0.5) is 0 Å². The van der Waals surface area contributed by atoms with Crippen LogP contribution in [0, 0.1) is 0 Å². The van der Waals surface area contributed by atoms with Gasteiger partial charge in [-0.25, -0.2) is 0 Å². The highest BCUT2D eigenvalue weighted by molar-refractivity contribution is 7.12. The molecule has 1 aliphatic rings. The minimum atomic E-state index is -0.191. The van der Waals surface area contributed by atoms with Crippen LogP contribution in [0.3, 0.4) is 0 Å². The van der Waals surface area contributed by atoms with Gasteiger partial charge in [0.2, 0.25) is 0 Å². The fourth-order valence-electron chi connectivity index (χ4n) is 3.06. The Balaban J connectivity index is 1.95. The molecule has 3 nitrogen and oxygen atoms in total.